The van der Waals surface area contributed by atoms with Gasteiger partial charge in [-0.1, -0.05) is 28.1 Å². The highest BCUT2D eigenvalue weighted by atomic mass is 79.9. The fraction of sp³-hybridized carbons (Fsp3) is 0. The Morgan fingerprint density at radius 2 is 1.70 bits per heavy atom. The van der Waals surface area contributed by atoms with Gasteiger partial charge in [0.05, 0.1) is 11.0 Å². The van der Waals surface area contributed by atoms with Gasteiger partial charge in [0, 0.05) is 20.1 Å². The average molecular weight is 396 g/mol. The summed E-state index contributed by atoms with van der Waals surface area (Å²) in [6.45, 7) is 0. The SMILES string of the molecule is O=C(c1cccc(Br)c1)c1cc2[nH]c(=O)[nH]c2cc1Br. The van der Waals surface area contributed by atoms with E-state index in [4.69, 9.17) is 0 Å². The Morgan fingerprint density at radius 1 is 1.00 bits per heavy atom. The second kappa shape index (κ2) is 5.03. The number of nitrogens with one attached hydrogen (secondary N) is 2. The van der Waals surface area contributed by atoms with Crippen molar-refractivity contribution in [2.24, 2.45) is 0 Å². The smallest absolute Gasteiger partial charge is 0.306 e. The minimum atomic E-state index is -0.293. The van der Waals surface area contributed by atoms with Crippen LogP contribution in [0.5, 0.6) is 0 Å². The number of aromatic nitrogens is 2. The lowest BCUT2D eigenvalue weighted by Gasteiger charge is -2.05. The molecule has 0 saturated heterocycles. The van der Waals surface area contributed by atoms with Crippen LogP contribution in [-0.4, -0.2) is 15.8 Å². The van der Waals surface area contributed by atoms with Gasteiger partial charge >= 0.3 is 5.69 Å². The molecule has 0 aliphatic heterocycles. The molecule has 0 unspecified atom stereocenters. The Balaban J connectivity index is 2.16. The number of halogens is 2. The van der Waals surface area contributed by atoms with Gasteiger partial charge in [0.25, 0.3) is 0 Å². The quantitative estimate of drug-likeness (QED) is 0.651. The maximum atomic E-state index is 12.5. The van der Waals surface area contributed by atoms with Crippen molar-refractivity contribution in [2.45, 2.75) is 0 Å². The van der Waals surface area contributed by atoms with E-state index in [2.05, 4.69) is 41.8 Å². The number of benzene rings is 2. The maximum absolute atomic E-state index is 12.5. The zero-order chi connectivity index (χ0) is 14.3. The molecule has 2 N–H and O–H groups in total. The van der Waals surface area contributed by atoms with Gasteiger partial charge in [-0.25, -0.2) is 4.79 Å². The number of carbonyl (C=O) groups is 1. The van der Waals surface area contributed by atoms with Crippen LogP contribution in [0.15, 0.2) is 50.1 Å². The number of aromatic amines is 2. The Morgan fingerprint density at radius 3 is 2.40 bits per heavy atom. The number of fused-ring (bicyclic) bond motifs is 1. The van der Waals surface area contributed by atoms with Gasteiger partial charge in [0.15, 0.2) is 5.78 Å². The first-order chi connectivity index (χ1) is 9.54. The van der Waals surface area contributed by atoms with E-state index < -0.39 is 0 Å². The molecule has 20 heavy (non-hydrogen) atoms. The molecule has 1 aromatic heterocycles. The molecule has 1 heterocycles. The molecular formula is C14H8Br2N2O2. The summed E-state index contributed by atoms with van der Waals surface area (Å²) in [5.74, 6) is -0.109. The van der Waals surface area contributed by atoms with E-state index in [1.165, 1.54) is 0 Å². The van der Waals surface area contributed by atoms with Gasteiger partial charge in [-0.15, -0.1) is 0 Å². The topological polar surface area (TPSA) is 65.7 Å². The zero-order valence-electron chi connectivity index (χ0n) is 10.0. The van der Waals surface area contributed by atoms with Crippen LogP contribution < -0.4 is 5.69 Å². The number of hydrogen-bond donors (Lipinski definition) is 2. The van der Waals surface area contributed by atoms with Gasteiger partial charge in [0.2, 0.25) is 0 Å². The van der Waals surface area contributed by atoms with Crippen molar-refractivity contribution < 1.29 is 4.79 Å². The van der Waals surface area contributed by atoms with Crippen molar-refractivity contribution in [3.8, 4) is 0 Å². The first-order valence-electron chi connectivity index (χ1n) is 5.76. The van der Waals surface area contributed by atoms with Crippen LogP contribution in [0.4, 0.5) is 0 Å². The monoisotopic (exact) mass is 394 g/mol. The molecule has 4 nitrogen and oxygen atoms in total. The second-order valence-corrected chi connectivity index (χ2v) is 6.07. The van der Waals surface area contributed by atoms with Gasteiger partial charge < -0.3 is 9.97 Å². The lowest BCUT2D eigenvalue weighted by Crippen LogP contribution is -2.02. The molecule has 0 saturated carbocycles. The summed E-state index contributed by atoms with van der Waals surface area (Å²) in [5.41, 5.74) is 2.06. The molecule has 0 fully saturated rings. The number of carbonyl (C=O) groups excluding carboxylic acids is 1. The van der Waals surface area contributed by atoms with E-state index in [0.717, 1.165) is 4.47 Å². The molecule has 0 spiro atoms. The molecule has 0 atom stereocenters. The minimum Gasteiger partial charge on any atom is -0.306 e. The highest BCUT2D eigenvalue weighted by Crippen LogP contribution is 2.25. The summed E-state index contributed by atoms with van der Waals surface area (Å²) in [6, 6.07) is 10.6. The standard InChI is InChI=1S/C14H8Br2N2O2/c15-8-3-1-2-7(4-8)13(19)9-5-11-12(6-10(9)16)18-14(20)17-11/h1-6H,(H2,17,18,20). The van der Waals surface area contributed by atoms with Gasteiger partial charge in [-0.05, 0) is 40.2 Å². The molecular weight excluding hydrogens is 388 g/mol. The minimum absolute atomic E-state index is 0.109. The predicted molar refractivity (Wildman–Crippen MR) is 84.2 cm³/mol. The van der Waals surface area contributed by atoms with Crippen LogP contribution in [-0.2, 0) is 0 Å². The molecule has 0 aliphatic rings. The van der Waals surface area contributed by atoms with E-state index >= 15 is 0 Å². The van der Waals surface area contributed by atoms with Crippen molar-refractivity contribution in [1.29, 1.82) is 0 Å². The van der Waals surface area contributed by atoms with E-state index in [1.54, 1.807) is 24.3 Å². The molecule has 0 amide bonds. The molecule has 2 aromatic carbocycles. The highest BCUT2D eigenvalue weighted by Gasteiger charge is 2.15. The van der Waals surface area contributed by atoms with Crippen LogP contribution in [0.25, 0.3) is 11.0 Å². The zero-order valence-corrected chi connectivity index (χ0v) is 13.2. The Kier molecular flexibility index (Phi) is 3.35. The van der Waals surface area contributed by atoms with Gasteiger partial charge in [-0.3, -0.25) is 4.79 Å². The summed E-state index contributed by atoms with van der Waals surface area (Å²) < 4.78 is 1.49. The van der Waals surface area contributed by atoms with Gasteiger partial charge in [0.1, 0.15) is 0 Å². The average Bonchev–Trinajstić information content (AvgIpc) is 2.76. The van der Waals surface area contributed by atoms with Crippen molar-refractivity contribution in [1.82, 2.24) is 9.97 Å². The third kappa shape index (κ3) is 2.36. The predicted octanol–water partition coefficient (Wildman–Crippen LogP) is 3.61. The number of rotatable bonds is 2. The summed E-state index contributed by atoms with van der Waals surface area (Å²) in [5, 5.41) is 0. The Labute approximate surface area is 130 Å². The van der Waals surface area contributed by atoms with E-state index in [0.29, 0.717) is 26.6 Å². The molecule has 3 rings (SSSR count). The van der Waals surface area contributed by atoms with E-state index in [9.17, 15) is 9.59 Å². The van der Waals surface area contributed by atoms with Crippen molar-refractivity contribution in [3.63, 3.8) is 0 Å². The molecule has 0 radical (unpaired) electrons. The molecule has 3 aromatic rings. The molecule has 0 bridgehead atoms. The number of imidazole rings is 1. The Hall–Kier alpha value is -1.66. The van der Waals surface area contributed by atoms with E-state index in [-0.39, 0.29) is 11.5 Å². The fourth-order valence-corrected chi connectivity index (χ4v) is 2.94. The second-order valence-electron chi connectivity index (χ2n) is 4.30. The van der Waals surface area contributed by atoms with Crippen LogP contribution in [0, 0.1) is 0 Å². The third-order valence-corrected chi connectivity index (χ3v) is 4.08. The van der Waals surface area contributed by atoms with Crippen LogP contribution >= 0.6 is 31.9 Å². The van der Waals surface area contributed by atoms with Crippen molar-refractivity contribution in [3.05, 3.63) is 67.0 Å². The fourth-order valence-electron chi connectivity index (χ4n) is 2.02. The summed E-state index contributed by atoms with van der Waals surface area (Å²) in [7, 11) is 0. The van der Waals surface area contributed by atoms with E-state index in [1.807, 2.05) is 12.1 Å². The number of hydrogen-bond acceptors (Lipinski definition) is 2. The maximum Gasteiger partial charge on any atom is 0.323 e. The number of ketones is 1. The summed E-state index contributed by atoms with van der Waals surface area (Å²) in [6.07, 6.45) is 0. The van der Waals surface area contributed by atoms with Crippen molar-refractivity contribution >= 4 is 48.7 Å². The first kappa shape index (κ1) is 13.3. The Bertz CT molecular complexity index is 880. The summed E-state index contributed by atoms with van der Waals surface area (Å²) >= 11 is 6.72. The molecule has 100 valence electrons. The number of H-pyrrole nitrogens is 2. The highest BCUT2D eigenvalue weighted by molar-refractivity contribution is 9.10. The van der Waals surface area contributed by atoms with Crippen LogP contribution in [0.1, 0.15) is 15.9 Å². The van der Waals surface area contributed by atoms with Crippen molar-refractivity contribution in [2.75, 3.05) is 0 Å². The molecule has 6 heteroatoms. The normalized spacial score (nSPS) is 10.9. The molecule has 0 aliphatic carbocycles. The third-order valence-electron chi connectivity index (χ3n) is 2.94. The summed E-state index contributed by atoms with van der Waals surface area (Å²) in [4.78, 5) is 29.1. The van der Waals surface area contributed by atoms with Gasteiger partial charge in [-0.2, -0.15) is 0 Å². The lowest BCUT2D eigenvalue weighted by molar-refractivity contribution is 0.103. The van der Waals surface area contributed by atoms with Crippen LogP contribution in [0.2, 0.25) is 0 Å². The largest absolute Gasteiger partial charge is 0.323 e. The lowest BCUT2D eigenvalue weighted by atomic mass is 10.0. The van der Waals surface area contributed by atoms with Crippen LogP contribution in [0.3, 0.4) is 0 Å². The first-order valence-corrected chi connectivity index (χ1v) is 7.35.